The van der Waals surface area contributed by atoms with Crippen LogP contribution in [-0.2, 0) is 13.7 Å². The van der Waals surface area contributed by atoms with Gasteiger partial charge >= 0.3 is 0 Å². The second kappa shape index (κ2) is 9.61. The maximum absolute atomic E-state index is 11.3. The molecule has 1 saturated heterocycles. The minimum atomic E-state index is -0.564. The zero-order chi connectivity index (χ0) is 22.0. The molecule has 1 unspecified atom stereocenters. The van der Waals surface area contributed by atoms with Crippen molar-refractivity contribution >= 4 is 22.5 Å². The van der Waals surface area contributed by atoms with Gasteiger partial charge in [-0.2, -0.15) is 0 Å². The molecular weight excluding hydrogens is 410 g/mol. The van der Waals surface area contributed by atoms with E-state index in [9.17, 15) is 5.11 Å². The predicted octanol–water partition coefficient (Wildman–Crippen LogP) is 4.47. The maximum Gasteiger partial charge on any atom is 0.129 e. The highest BCUT2D eigenvalue weighted by Crippen LogP contribution is 2.32. The number of aryl methyl sites for hydroxylation is 1. The van der Waals surface area contributed by atoms with Gasteiger partial charge in [-0.15, -0.1) is 0 Å². The first-order valence-corrected chi connectivity index (χ1v) is 11.3. The minimum Gasteiger partial charge on any atom is -0.487 e. The lowest BCUT2D eigenvalue weighted by Gasteiger charge is -2.36. The molecule has 0 radical (unpaired) electrons. The number of aromatic nitrogens is 1. The van der Waals surface area contributed by atoms with Gasteiger partial charge in [0.25, 0.3) is 0 Å². The monoisotopic (exact) mass is 441 g/mol. The number of hydrogen-bond donors (Lipinski definition) is 1. The van der Waals surface area contributed by atoms with Gasteiger partial charge in [-0.25, -0.2) is 0 Å². The maximum atomic E-state index is 11.3. The highest BCUT2D eigenvalue weighted by molar-refractivity contribution is 6.30. The summed E-state index contributed by atoms with van der Waals surface area (Å²) in [5, 5.41) is 13.1. The third-order valence-electron chi connectivity index (χ3n) is 6.51. The first-order valence-electron chi connectivity index (χ1n) is 11.0. The first kappa shape index (κ1) is 22.2. The van der Waals surface area contributed by atoms with Crippen LogP contribution in [0.3, 0.4) is 0 Å². The highest BCUT2D eigenvalue weighted by atomic mass is 35.5. The number of aliphatic hydroxyl groups is 1. The Morgan fingerprint density at radius 3 is 2.45 bits per heavy atom. The highest BCUT2D eigenvalue weighted by Gasteiger charge is 2.26. The third kappa shape index (κ3) is 4.90. The summed E-state index contributed by atoms with van der Waals surface area (Å²) in [4.78, 5) is 4.70. The van der Waals surface area contributed by atoms with Crippen LogP contribution in [0, 0.1) is 0 Å². The topological polar surface area (TPSA) is 40.9 Å². The smallest absolute Gasteiger partial charge is 0.129 e. The van der Waals surface area contributed by atoms with E-state index >= 15 is 0 Å². The van der Waals surface area contributed by atoms with Gasteiger partial charge in [-0.05, 0) is 70.4 Å². The van der Waals surface area contributed by atoms with Crippen LogP contribution >= 0.6 is 11.6 Å². The van der Waals surface area contributed by atoms with Crippen molar-refractivity contribution in [3.63, 3.8) is 0 Å². The fraction of sp³-hybridized carbons (Fsp3) is 0.440. The van der Waals surface area contributed by atoms with Crippen molar-refractivity contribution in [1.29, 1.82) is 0 Å². The van der Waals surface area contributed by atoms with Gasteiger partial charge in [0, 0.05) is 41.1 Å². The van der Waals surface area contributed by atoms with Gasteiger partial charge in [0.05, 0.1) is 11.8 Å². The Hall–Kier alpha value is -2.05. The molecule has 0 bridgehead atoms. The van der Waals surface area contributed by atoms with Crippen LogP contribution in [0.5, 0.6) is 5.75 Å². The SMILES string of the molecule is CN(C)C1CCN(CC(O)c2c(COc3ccc(Cl)cc3)n(C)c3ccccc23)CC1. The average Bonchev–Trinajstić information content (AvgIpc) is 3.06. The van der Waals surface area contributed by atoms with Gasteiger partial charge in [-0.1, -0.05) is 29.8 Å². The van der Waals surface area contributed by atoms with E-state index in [0.717, 1.165) is 53.8 Å². The van der Waals surface area contributed by atoms with Crippen molar-refractivity contribution in [2.45, 2.75) is 31.6 Å². The Labute approximate surface area is 189 Å². The molecule has 0 saturated carbocycles. The summed E-state index contributed by atoms with van der Waals surface area (Å²) in [6, 6.07) is 16.3. The average molecular weight is 442 g/mol. The van der Waals surface area contributed by atoms with Gasteiger partial charge < -0.3 is 24.2 Å². The second-order valence-electron chi connectivity index (χ2n) is 8.69. The Morgan fingerprint density at radius 2 is 1.77 bits per heavy atom. The van der Waals surface area contributed by atoms with Crippen LogP contribution in [-0.4, -0.2) is 59.2 Å². The molecule has 1 aromatic heterocycles. The summed E-state index contributed by atoms with van der Waals surface area (Å²) in [6.07, 6.45) is 1.72. The van der Waals surface area contributed by atoms with Gasteiger partial charge in [0.15, 0.2) is 0 Å². The Balaban J connectivity index is 1.55. The lowest BCUT2D eigenvalue weighted by molar-refractivity contribution is 0.0793. The number of benzene rings is 2. The molecule has 1 fully saturated rings. The molecule has 3 aromatic rings. The summed E-state index contributed by atoms with van der Waals surface area (Å²) in [7, 11) is 6.35. The number of β-amino-alcohol motifs (C(OH)–C–C–N with tert-alkyl or cyclic N) is 1. The zero-order valence-electron chi connectivity index (χ0n) is 18.6. The van der Waals surface area contributed by atoms with Crippen molar-refractivity contribution in [2.75, 3.05) is 33.7 Å². The normalized spacial score (nSPS) is 16.8. The molecule has 5 nitrogen and oxygen atoms in total. The first-order chi connectivity index (χ1) is 14.9. The van der Waals surface area contributed by atoms with Crippen LogP contribution in [0.4, 0.5) is 0 Å². The Kier molecular flexibility index (Phi) is 6.87. The molecule has 31 heavy (non-hydrogen) atoms. The lowest BCUT2D eigenvalue weighted by Crippen LogP contribution is -2.43. The number of halogens is 1. The van der Waals surface area contributed by atoms with Crippen LogP contribution in [0.15, 0.2) is 48.5 Å². The number of fused-ring (bicyclic) bond motifs is 1. The fourth-order valence-corrected chi connectivity index (χ4v) is 4.78. The molecule has 4 rings (SSSR count). The van der Waals surface area contributed by atoms with E-state index in [1.54, 1.807) is 0 Å². The van der Waals surface area contributed by atoms with E-state index in [1.165, 1.54) is 0 Å². The number of ether oxygens (including phenoxy) is 1. The van der Waals surface area contributed by atoms with Crippen molar-refractivity contribution in [1.82, 2.24) is 14.4 Å². The predicted molar refractivity (Wildman–Crippen MR) is 127 cm³/mol. The largest absolute Gasteiger partial charge is 0.487 e. The Morgan fingerprint density at radius 1 is 1.10 bits per heavy atom. The molecule has 0 amide bonds. The molecule has 166 valence electrons. The molecule has 1 N–H and O–H groups in total. The quantitative estimate of drug-likeness (QED) is 0.587. The zero-order valence-corrected chi connectivity index (χ0v) is 19.3. The number of para-hydroxylation sites is 1. The third-order valence-corrected chi connectivity index (χ3v) is 6.76. The van der Waals surface area contributed by atoms with Crippen LogP contribution in [0.2, 0.25) is 5.02 Å². The van der Waals surface area contributed by atoms with Gasteiger partial charge in [0.2, 0.25) is 0 Å². The standard InChI is InChI=1S/C25H32ClN3O2/c1-27(2)19-12-14-29(15-13-19)16-24(30)25-21-6-4-5-7-22(21)28(3)23(25)17-31-20-10-8-18(26)9-11-20/h4-11,19,24,30H,12-17H2,1-3H3. The number of piperidine rings is 1. The number of hydrogen-bond acceptors (Lipinski definition) is 4. The molecule has 2 heterocycles. The minimum absolute atomic E-state index is 0.391. The van der Waals surface area contributed by atoms with Gasteiger partial charge in [-0.3, -0.25) is 0 Å². The summed E-state index contributed by atoms with van der Waals surface area (Å²) in [5.74, 6) is 0.765. The molecule has 0 spiro atoms. The summed E-state index contributed by atoms with van der Waals surface area (Å²) in [5.41, 5.74) is 3.09. The molecule has 1 aliphatic heterocycles. The molecule has 2 aromatic carbocycles. The number of likely N-dealkylation sites (tertiary alicyclic amines) is 1. The summed E-state index contributed by atoms with van der Waals surface area (Å²) in [6.45, 7) is 3.06. The van der Waals surface area contributed by atoms with Crippen molar-refractivity contribution in [2.24, 2.45) is 7.05 Å². The van der Waals surface area contributed by atoms with E-state index in [-0.39, 0.29) is 0 Å². The molecule has 6 heteroatoms. The number of aliphatic hydroxyl groups excluding tert-OH is 1. The van der Waals surface area contributed by atoms with Crippen molar-refractivity contribution in [3.8, 4) is 5.75 Å². The second-order valence-corrected chi connectivity index (χ2v) is 9.13. The van der Waals surface area contributed by atoms with E-state index in [4.69, 9.17) is 16.3 Å². The van der Waals surface area contributed by atoms with Crippen molar-refractivity contribution < 1.29 is 9.84 Å². The molecule has 0 aliphatic carbocycles. The van der Waals surface area contributed by atoms with Crippen LogP contribution in [0.1, 0.15) is 30.2 Å². The van der Waals surface area contributed by atoms with Gasteiger partial charge in [0.1, 0.15) is 12.4 Å². The van der Waals surface area contributed by atoms with E-state index < -0.39 is 6.10 Å². The lowest BCUT2D eigenvalue weighted by atomic mass is 10.0. The Bertz CT molecular complexity index is 1010. The summed E-state index contributed by atoms with van der Waals surface area (Å²) >= 11 is 5.99. The van der Waals surface area contributed by atoms with Crippen LogP contribution < -0.4 is 4.74 Å². The molecule has 1 aliphatic rings. The van der Waals surface area contributed by atoms with Crippen LogP contribution in [0.25, 0.3) is 10.9 Å². The van der Waals surface area contributed by atoms with E-state index in [0.29, 0.717) is 24.2 Å². The van der Waals surface area contributed by atoms with Crippen molar-refractivity contribution in [3.05, 3.63) is 64.8 Å². The van der Waals surface area contributed by atoms with E-state index in [2.05, 4.69) is 40.6 Å². The molecule has 1 atom stereocenters. The summed E-state index contributed by atoms with van der Waals surface area (Å²) < 4.78 is 8.21. The fourth-order valence-electron chi connectivity index (χ4n) is 4.66. The number of nitrogens with zero attached hydrogens (tertiary/aromatic N) is 3. The molecular formula is C25H32ClN3O2. The number of rotatable bonds is 7. The van der Waals surface area contributed by atoms with E-state index in [1.807, 2.05) is 43.4 Å².